The summed E-state index contributed by atoms with van der Waals surface area (Å²) in [6, 6.07) is 17.0. The van der Waals surface area contributed by atoms with Gasteiger partial charge in [0.1, 0.15) is 5.75 Å². The van der Waals surface area contributed by atoms with Gasteiger partial charge in [-0.1, -0.05) is 31.2 Å². The summed E-state index contributed by atoms with van der Waals surface area (Å²) in [4.78, 5) is 17.5. The number of rotatable bonds is 7. The highest BCUT2D eigenvalue weighted by molar-refractivity contribution is 5.95. The molecule has 4 heteroatoms. The Bertz CT molecular complexity index is 859. The van der Waals surface area contributed by atoms with Crippen LogP contribution < -0.4 is 4.74 Å². The van der Waals surface area contributed by atoms with Gasteiger partial charge in [0.2, 0.25) is 0 Å². The van der Waals surface area contributed by atoms with E-state index in [0.29, 0.717) is 12.1 Å². The molecule has 4 nitrogen and oxygen atoms in total. The Kier molecular flexibility index (Phi) is 7.51. The molecule has 1 amide bonds. The highest BCUT2D eigenvalue weighted by Crippen LogP contribution is 2.27. The van der Waals surface area contributed by atoms with Crippen LogP contribution in [0.4, 0.5) is 0 Å². The summed E-state index contributed by atoms with van der Waals surface area (Å²) in [5.41, 5.74) is 3.04. The Hall–Kier alpha value is -2.33. The molecule has 2 aromatic rings. The van der Waals surface area contributed by atoms with Crippen molar-refractivity contribution in [1.29, 1.82) is 0 Å². The molecule has 2 aromatic carbocycles. The lowest BCUT2D eigenvalue weighted by atomic mass is 9.99. The van der Waals surface area contributed by atoms with Crippen molar-refractivity contribution in [2.45, 2.75) is 65.0 Å². The smallest absolute Gasteiger partial charge is 0.254 e. The molecular weight excluding hydrogens is 396 g/mol. The summed E-state index contributed by atoms with van der Waals surface area (Å²) in [7, 11) is 0. The van der Waals surface area contributed by atoms with Crippen LogP contribution in [-0.2, 0) is 0 Å². The summed E-state index contributed by atoms with van der Waals surface area (Å²) in [6.07, 6.45) is 5.91. The first kappa shape index (κ1) is 22.8. The number of carbonyl (C=O) groups is 1. The molecule has 4 rings (SSSR count). The molecule has 0 spiro atoms. The highest BCUT2D eigenvalue weighted by Gasteiger charge is 2.31. The van der Waals surface area contributed by atoms with E-state index in [0.717, 1.165) is 60.8 Å². The predicted molar refractivity (Wildman–Crippen MR) is 131 cm³/mol. The van der Waals surface area contributed by atoms with Crippen molar-refractivity contribution in [3.05, 3.63) is 54.1 Å². The Labute approximate surface area is 193 Å². The molecule has 2 aliphatic rings. The molecule has 0 bridgehead atoms. The van der Waals surface area contributed by atoms with Crippen LogP contribution in [0.3, 0.4) is 0 Å². The third-order valence-electron chi connectivity index (χ3n) is 7.27. The quantitative estimate of drug-likeness (QED) is 0.511. The molecule has 2 unspecified atom stereocenters. The van der Waals surface area contributed by atoms with Gasteiger partial charge in [-0.2, -0.15) is 0 Å². The first-order chi connectivity index (χ1) is 15.5. The second-order valence-corrected chi connectivity index (χ2v) is 9.82. The van der Waals surface area contributed by atoms with Crippen LogP contribution in [0.25, 0.3) is 11.1 Å². The van der Waals surface area contributed by atoms with Crippen molar-refractivity contribution in [3.8, 4) is 16.9 Å². The molecule has 0 aliphatic carbocycles. The third-order valence-corrected chi connectivity index (χ3v) is 7.27. The molecule has 0 aromatic heterocycles. The number of ether oxygens (including phenoxy) is 1. The van der Waals surface area contributed by atoms with Crippen LogP contribution in [0.2, 0.25) is 0 Å². The van der Waals surface area contributed by atoms with E-state index in [-0.39, 0.29) is 5.91 Å². The van der Waals surface area contributed by atoms with Crippen molar-refractivity contribution in [2.24, 2.45) is 5.92 Å². The van der Waals surface area contributed by atoms with Gasteiger partial charge in [-0.15, -0.1) is 0 Å². The maximum atomic E-state index is 12.9. The van der Waals surface area contributed by atoms with Crippen LogP contribution >= 0.6 is 0 Å². The maximum Gasteiger partial charge on any atom is 0.254 e. The minimum atomic E-state index is 0.150. The molecule has 0 N–H and O–H groups in total. The van der Waals surface area contributed by atoms with Gasteiger partial charge >= 0.3 is 0 Å². The van der Waals surface area contributed by atoms with Crippen molar-refractivity contribution < 1.29 is 9.53 Å². The fourth-order valence-electron chi connectivity index (χ4n) is 5.06. The number of benzene rings is 2. The molecular formula is C28H38N2O2. The van der Waals surface area contributed by atoms with Gasteiger partial charge in [0.05, 0.1) is 6.61 Å². The van der Waals surface area contributed by atoms with Gasteiger partial charge in [-0.25, -0.2) is 0 Å². The monoisotopic (exact) mass is 434 g/mol. The van der Waals surface area contributed by atoms with E-state index >= 15 is 0 Å². The normalized spacial score (nSPS) is 22.3. The zero-order valence-corrected chi connectivity index (χ0v) is 19.9. The average molecular weight is 435 g/mol. The van der Waals surface area contributed by atoms with Gasteiger partial charge in [0.25, 0.3) is 5.91 Å². The standard InChI is InChI=1S/C28H38N2O2/c1-21-15-18-29(19-16-21)17-4-20-32-27-13-11-25(12-14-27)24-7-9-26(10-8-24)28(31)30-22(2)5-6-23(30)3/h7-14,21-23H,4-6,15-20H2,1-3H3. The molecule has 2 saturated heterocycles. The first-order valence-electron chi connectivity index (χ1n) is 12.4. The second kappa shape index (κ2) is 10.5. The number of carbonyl (C=O) groups excluding carboxylic acids is 1. The van der Waals surface area contributed by atoms with E-state index in [1.54, 1.807) is 0 Å². The zero-order chi connectivity index (χ0) is 22.5. The predicted octanol–water partition coefficient (Wildman–Crippen LogP) is 5.87. The van der Waals surface area contributed by atoms with E-state index in [1.807, 2.05) is 41.3 Å². The Balaban J connectivity index is 1.27. The average Bonchev–Trinajstić information content (AvgIpc) is 3.16. The summed E-state index contributed by atoms with van der Waals surface area (Å²) in [6.45, 7) is 11.0. The van der Waals surface area contributed by atoms with Gasteiger partial charge in [-0.05, 0) is 100 Å². The minimum absolute atomic E-state index is 0.150. The number of piperidine rings is 1. The third kappa shape index (κ3) is 5.53. The van der Waals surface area contributed by atoms with Gasteiger partial charge in [-0.3, -0.25) is 4.79 Å². The van der Waals surface area contributed by atoms with Crippen molar-refractivity contribution in [3.63, 3.8) is 0 Å². The molecule has 32 heavy (non-hydrogen) atoms. The summed E-state index contributed by atoms with van der Waals surface area (Å²) < 4.78 is 5.96. The topological polar surface area (TPSA) is 32.8 Å². The van der Waals surface area contributed by atoms with Gasteiger partial charge in [0.15, 0.2) is 0 Å². The van der Waals surface area contributed by atoms with Crippen LogP contribution in [-0.4, -0.2) is 54.0 Å². The lowest BCUT2D eigenvalue weighted by molar-refractivity contribution is 0.0693. The minimum Gasteiger partial charge on any atom is -0.494 e. The fraction of sp³-hybridized carbons (Fsp3) is 0.536. The largest absolute Gasteiger partial charge is 0.494 e. The summed E-state index contributed by atoms with van der Waals surface area (Å²) >= 11 is 0. The lowest BCUT2D eigenvalue weighted by Crippen LogP contribution is -2.38. The zero-order valence-electron chi connectivity index (χ0n) is 19.9. The molecule has 0 saturated carbocycles. The van der Waals surface area contributed by atoms with E-state index in [1.165, 1.54) is 25.9 Å². The molecule has 2 heterocycles. The van der Waals surface area contributed by atoms with Crippen LogP contribution in [0, 0.1) is 5.92 Å². The number of nitrogens with zero attached hydrogens (tertiary/aromatic N) is 2. The Morgan fingerprint density at radius 3 is 2.00 bits per heavy atom. The van der Waals surface area contributed by atoms with Gasteiger partial charge in [0, 0.05) is 24.2 Å². The van der Waals surface area contributed by atoms with Crippen LogP contribution in [0.1, 0.15) is 63.2 Å². The molecule has 0 radical (unpaired) electrons. The van der Waals surface area contributed by atoms with Gasteiger partial charge < -0.3 is 14.5 Å². The molecule has 2 fully saturated rings. The Morgan fingerprint density at radius 1 is 0.844 bits per heavy atom. The van der Waals surface area contributed by atoms with Crippen LogP contribution in [0.5, 0.6) is 5.75 Å². The van der Waals surface area contributed by atoms with E-state index in [9.17, 15) is 4.79 Å². The van der Waals surface area contributed by atoms with Crippen molar-refractivity contribution >= 4 is 5.91 Å². The summed E-state index contributed by atoms with van der Waals surface area (Å²) in [5, 5.41) is 0. The van der Waals surface area contributed by atoms with Crippen molar-refractivity contribution in [1.82, 2.24) is 9.80 Å². The SMILES string of the molecule is CC1CCN(CCCOc2ccc(-c3ccc(C(=O)N4C(C)CCC4C)cc3)cc2)CC1. The fourth-order valence-corrected chi connectivity index (χ4v) is 5.06. The van der Waals surface area contributed by atoms with E-state index < -0.39 is 0 Å². The summed E-state index contributed by atoms with van der Waals surface area (Å²) in [5.74, 6) is 1.96. The maximum absolute atomic E-state index is 12.9. The molecule has 2 aliphatic heterocycles. The van der Waals surface area contributed by atoms with Crippen molar-refractivity contribution in [2.75, 3.05) is 26.2 Å². The Morgan fingerprint density at radius 2 is 1.41 bits per heavy atom. The molecule has 2 atom stereocenters. The number of hydrogen-bond acceptors (Lipinski definition) is 3. The van der Waals surface area contributed by atoms with Crippen LogP contribution in [0.15, 0.2) is 48.5 Å². The number of hydrogen-bond donors (Lipinski definition) is 0. The number of amides is 1. The first-order valence-corrected chi connectivity index (χ1v) is 12.4. The molecule has 172 valence electrons. The van der Waals surface area contributed by atoms with E-state index in [4.69, 9.17) is 4.74 Å². The second-order valence-electron chi connectivity index (χ2n) is 9.82. The lowest BCUT2D eigenvalue weighted by Gasteiger charge is -2.30. The highest BCUT2D eigenvalue weighted by atomic mass is 16.5. The number of likely N-dealkylation sites (tertiary alicyclic amines) is 2. The van der Waals surface area contributed by atoms with E-state index in [2.05, 4.69) is 37.8 Å².